The summed E-state index contributed by atoms with van der Waals surface area (Å²) in [6.07, 6.45) is 8.07. The minimum absolute atomic E-state index is 0.662. The van der Waals surface area contributed by atoms with Crippen LogP contribution in [-0.4, -0.2) is 0 Å². The molecule has 21 heavy (non-hydrogen) atoms. The molecule has 0 bridgehead atoms. The van der Waals surface area contributed by atoms with Crippen molar-refractivity contribution in [3.05, 3.63) is 77.4 Å². The number of rotatable bonds is 2. The largest absolute Gasteiger partial charge is 0.0808 e. The molecule has 0 heteroatoms. The molecule has 106 valence electrons. The molecule has 0 aliphatic heterocycles. The molecule has 0 fully saturated rings. The van der Waals surface area contributed by atoms with Gasteiger partial charge in [-0.3, -0.25) is 0 Å². The Morgan fingerprint density at radius 1 is 0.905 bits per heavy atom. The van der Waals surface area contributed by atoms with Crippen molar-refractivity contribution in [1.29, 1.82) is 0 Å². The lowest BCUT2D eigenvalue weighted by atomic mass is 9.90. The fraction of sp³-hybridized carbons (Fsp3) is 0.238. The van der Waals surface area contributed by atoms with E-state index in [9.17, 15) is 0 Å². The van der Waals surface area contributed by atoms with Gasteiger partial charge >= 0.3 is 0 Å². The number of hydrogen-bond donors (Lipinski definition) is 0. The molecule has 2 aromatic rings. The van der Waals surface area contributed by atoms with Crippen LogP contribution in [0.3, 0.4) is 0 Å². The van der Waals surface area contributed by atoms with Crippen LogP contribution in [0.25, 0.3) is 16.7 Å². The maximum absolute atomic E-state index is 2.36. The number of aryl methyl sites for hydroxylation is 2. The first-order chi connectivity index (χ1) is 10.1. The molecule has 0 saturated heterocycles. The van der Waals surface area contributed by atoms with Crippen LogP contribution in [0.1, 0.15) is 30.0 Å². The molecule has 0 nitrogen and oxygen atoms in total. The lowest BCUT2D eigenvalue weighted by Gasteiger charge is -2.15. The maximum Gasteiger partial charge on any atom is -0.0146 e. The van der Waals surface area contributed by atoms with Gasteiger partial charge in [0.25, 0.3) is 0 Å². The van der Waals surface area contributed by atoms with E-state index in [-0.39, 0.29) is 0 Å². The highest BCUT2D eigenvalue weighted by atomic mass is 14.1. The first kappa shape index (κ1) is 13.9. The zero-order valence-electron chi connectivity index (χ0n) is 13.1. The molecular formula is C21H22. The van der Waals surface area contributed by atoms with E-state index in [0.29, 0.717) is 5.92 Å². The summed E-state index contributed by atoms with van der Waals surface area (Å²) < 4.78 is 0. The molecule has 1 unspecified atom stereocenters. The summed E-state index contributed by atoms with van der Waals surface area (Å²) in [5.41, 5.74) is 8.02. The summed E-state index contributed by atoms with van der Waals surface area (Å²) in [5.74, 6) is 0.662. The quantitative estimate of drug-likeness (QED) is 0.634. The zero-order chi connectivity index (χ0) is 14.8. The average Bonchev–Trinajstić information content (AvgIpc) is 2.50. The first-order valence-electron chi connectivity index (χ1n) is 7.70. The van der Waals surface area contributed by atoms with E-state index in [1.165, 1.54) is 33.4 Å². The van der Waals surface area contributed by atoms with E-state index in [0.717, 1.165) is 6.42 Å². The first-order valence-corrected chi connectivity index (χ1v) is 7.70. The topological polar surface area (TPSA) is 0 Å². The van der Waals surface area contributed by atoms with Crippen LogP contribution in [0.5, 0.6) is 0 Å². The Hall–Kier alpha value is -2.08. The summed E-state index contributed by atoms with van der Waals surface area (Å²) in [5, 5.41) is 0. The van der Waals surface area contributed by atoms with Gasteiger partial charge in [0, 0.05) is 0 Å². The predicted molar refractivity (Wildman–Crippen MR) is 92.3 cm³/mol. The number of benzene rings is 2. The van der Waals surface area contributed by atoms with Gasteiger partial charge in [0.05, 0.1) is 0 Å². The van der Waals surface area contributed by atoms with E-state index in [2.05, 4.69) is 81.5 Å². The molecule has 0 radical (unpaired) electrons. The monoisotopic (exact) mass is 274 g/mol. The summed E-state index contributed by atoms with van der Waals surface area (Å²) in [6, 6.07) is 15.4. The van der Waals surface area contributed by atoms with Gasteiger partial charge in [0.2, 0.25) is 0 Å². The lowest BCUT2D eigenvalue weighted by molar-refractivity contribution is 0.739. The van der Waals surface area contributed by atoms with Gasteiger partial charge in [-0.15, -0.1) is 0 Å². The van der Waals surface area contributed by atoms with Gasteiger partial charge in [-0.2, -0.15) is 0 Å². The minimum atomic E-state index is 0.662. The molecule has 0 spiro atoms. The third-order valence-electron chi connectivity index (χ3n) is 4.32. The fourth-order valence-electron chi connectivity index (χ4n) is 2.91. The second kappa shape index (κ2) is 5.73. The Morgan fingerprint density at radius 3 is 2.38 bits per heavy atom. The molecule has 0 aromatic heterocycles. The molecule has 0 amide bonds. The molecule has 0 saturated carbocycles. The van der Waals surface area contributed by atoms with E-state index < -0.39 is 0 Å². The highest BCUT2D eigenvalue weighted by Gasteiger charge is 2.09. The second-order valence-electron chi connectivity index (χ2n) is 6.08. The zero-order valence-corrected chi connectivity index (χ0v) is 13.1. The van der Waals surface area contributed by atoms with Crippen LogP contribution in [0.4, 0.5) is 0 Å². The van der Waals surface area contributed by atoms with E-state index in [1.54, 1.807) is 0 Å². The van der Waals surface area contributed by atoms with Crippen LogP contribution in [0, 0.1) is 19.8 Å². The Morgan fingerprint density at radius 2 is 1.67 bits per heavy atom. The highest BCUT2D eigenvalue weighted by Crippen LogP contribution is 2.31. The fourth-order valence-corrected chi connectivity index (χ4v) is 2.91. The minimum Gasteiger partial charge on any atom is -0.0808 e. The van der Waals surface area contributed by atoms with Crippen molar-refractivity contribution in [3.8, 4) is 11.1 Å². The van der Waals surface area contributed by atoms with Crippen molar-refractivity contribution < 1.29 is 0 Å². The van der Waals surface area contributed by atoms with Gasteiger partial charge < -0.3 is 0 Å². The molecular weight excluding hydrogens is 252 g/mol. The van der Waals surface area contributed by atoms with Gasteiger partial charge in [0.15, 0.2) is 0 Å². The lowest BCUT2D eigenvalue weighted by Crippen LogP contribution is -1.95. The van der Waals surface area contributed by atoms with Gasteiger partial charge in [0.1, 0.15) is 0 Å². The molecule has 0 N–H and O–H groups in total. The summed E-state index contributed by atoms with van der Waals surface area (Å²) in [7, 11) is 0. The normalized spacial score (nSPS) is 17.7. The average molecular weight is 274 g/mol. The number of allylic oxidation sites excluding steroid dienone is 4. The van der Waals surface area contributed by atoms with Gasteiger partial charge in [-0.05, 0) is 65.6 Å². The summed E-state index contributed by atoms with van der Waals surface area (Å²) in [4.78, 5) is 0. The summed E-state index contributed by atoms with van der Waals surface area (Å²) >= 11 is 0. The third-order valence-corrected chi connectivity index (χ3v) is 4.32. The summed E-state index contributed by atoms with van der Waals surface area (Å²) in [6.45, 7) is 6.64. The Balaban J connectivity index is 2.06. The SMILES string of the molecule is Cc1ccccc1-c1cc(C2=CCC(C)C=C2)ccc1C. The van der Waals surface area contributed by atoms with Crippen molar-refractivity contribution in [2.24, 2.45) is 5.92 Å². The van der Waals surface area contributed by atoms with E-state index in [1.807, 2.05) is 0 Å². The number of hydrogen-bond acceptors (Lipinski definition) is 0. The Bertz CT molecular complexity index is 717. The molecule has 1 aliphatic carbocycles. The van der Waals surface area contributed by atoms with Crippen LogP contribution in [0.15, 0.2) is 60.7 Å². The van der Waals surface area contributed by atoms with Crippen molar-refractivity contribution in [3.63, 3.8) is 0 Å². The smallest absolute Gasteiger partial charge is 0.0146 e. The Labute approximate surface area is 127 Å². The van der Waals surface area contributed by atoms with Crippen LogP contribution >= 0.6 is 0 Å². The predicted octanol–water partition coefficient (Wildman–Crippen LogP) is 5.95. The van der Waals surface area contributed by atoms with Crippen LogP contribution < -0.4 is 0 Å². The molecule has 1 aliphatic rings. The maximum atomic E-state index is 2.36. The molecule has 3 rings (SSSR count). The van der Waals surface area contributed by atoms with Crippen molar-refractivity contribution in [1.82, 2.24) is 0 Å². The Kier molecular flexibility index (Phi) is 3.79. The standard InChI is InChI=1S/C21H22/c1-15-8-11-18(12-9-15)19-13-10-17(3)21(14-19)20-7-5-4-6-16(20)2/h4-8,10-15H,9H2,1-3H3. The molecule has 0 heterocycles. The van der Waals surface area contributed by atoms with E-state index >= 15 is 0 Å². The van der Waals surface area contributed by atoms with Gasteiger partial charge in [-0.1, -0.05) is 61.5 Å². The highest BCUT2D eigenvalue weighted by molar-refractivity contribution is 5.80. The van der Waals surface area contributed by atoms with Crippen LogP contribution in [-0.2, 0) is 0 Å². The molecule has 2 aromatic carbocycles. The van der Waals surface area contributed by atoms with E-state index in [4.69, 9.17) is 0 Å². The van der Waals surface area contributed by atoms with Gasteiger partial charge in [-0.25, -0.2) is 0 Å². The van der Waals surface area contributed by atoms with Crippen molar-refractivity contribution in [2.75, 3.05) is 0 Å². The van der Waals surface area contributed by atoms with Crippen molar-refractivity contribution >= 4 is 5.57 Å². The molecule has 1 atom stereocenters. The van der Waals surface area contributed by atoms with Crippen LogP contribution in [0.2, 0.25) is 0 Å². The van der Waals surface area contributed by atoms with Crippen molar-refractivity contribution in [2.45, 2.75) is 27.2 Å². The third kappa shape index (κ3) is 2.85. The second-order valence-corrected chi connectivity index (χ2v) is 6.08.